The maximum absolute atomic E-state index is 12.4. The minimum atomic E-state index is -0.244. The van der Waals surface area contributed by atoms with Crippen LogP contribution < -0.4 is 20.1 Å². The third-order valence-corrected chi connectivity index (χ3v) is 9.97. The van der Waals surface area contributed by atoms with Crippen molar-refractivity contribution >= 4 is 17.5 Å². The van der Waals surface area contributed by atoms with E-state index in [2.05, 4.69) is 104 Å². The van der Waals surface area contributed by atoms with Crippen molar-refractivity contribution in [2.24, 2.45) is 0 Å². The predicted molar refractivity (Wildman–Crippen MR) is 185 cm³/mol. The number of nitrogens with zero attached hydrogens (tertiary/aromatic N) is 6. The largest absolute Gasteiger partial charge is 0.490 e. The summed E-state index contributed by atoms with van der Waals surface area (Å²) in [6.45, 7) is 5.87. The van der Waals surface area contributed by atoms with Gasteiger partial charge in [0.25, 0.3) is 5.95 Å². The molecule has 1 saturated heterocycles. The van der Waals surface area contributed by atoms with Gasteiger partial charge in [-0.3, -0.25) is 19.8 Å². The number of fused-ring (bicyclic) bond motifs is 1. The second-order valence-electron chi connectivity index (χ2n) is 13.7. The molecule has 1 unspecified atom stereocenters. The van der Waals surface area contributed by atoms with Crippen LogP contribution in [-0.4, -0.2) is 59.9 Å². The molecule has 8 rings (SSSR count). The fraction of sp³-hybridized carbons (Fsp3) is 0.316. The third kappa shape index (κ3) is 6.53. The molecular formula is C38H38N8O4. The Morgan fingerprint density at radius 3 is 2.16 bits per heavy atom. The van der Waals surface area contributed by atoms with Crippen LogP contribution in [0.4, 0.5) is 5.69 Å². The van der Waals surface area contributed by atoms with E-state index in [4.69, 9.17) is 9.47 Å². The third-order valence-electron chi connectivity index (χ3n) is 9.97. The van der Waals surface area contributed by atoms with Crippen LogP contribution in [0.15, 0.2) is 91.5 Å². The molecule has 50 heavy (non-hydrogen) atoms. The van der Waals surface area contributed by atoms with Crippen molar-refractivity contribution in [3.63, 3.8) is 0 Å². The van der Waals surface area contributed by atoms with E-state index in [1.54, 1.807) is 24.8 Å². The minimum absolute atomic E-state index is 0.167. The van der Waals surface area contributed by atoms with E-state index >= 15 is 0 Å². The highest BCUT2D eigenvalue weighted by Crippen LogP contribution is 2.36. The lowest BCUT2D eigenvalue weighted by molar-refractivity contribution is -0.137. The van der Waals surface area contributed by atoms with Crippen LogP contribution in [0, 0.1) is 0 Å². The maximum Gasteiger partial charge on any atom is 0.268 e. The van der Waals surface area contributed by atoms with Crippen molar-refractivity contribution in [3.05, 3.63) is 114 Å². The lowest BCUT2D eigenvalue weighted by Crippen LogP contribution is -2.50. The van der Waals surface area contributed by atoms with Gasteiger partial charge in [-0.05, 0) is 65.1 Å². The Bertz CT molecular complexity index is 1990. The molecule has 0 bridgehead atoms. The number of hydrogen-bond acceptors (Lipinski definition) is 10. The van der Waals surface area contributed by atoms with Crippen LogP contribution in [0.5, 0.6) is 17.2 Å². The van der Waals surface area contributed by atoms with Gasteiger partial charge in [-0.1, -0.05) is 44.2 Å². The SMILES string of the molecule is CC(C)(c1ccc(Oc2cnc(-n3nccn3)nc2)cc1)c1ccc(OC2CC(Nc3ccc4c(c3)CN(C3CCC(=O)NC3=O)C4)C2)cc1. The first kappa shape index (κ1) is 31.6. The lowest BCUT2D eigenvalue weighted by Gasteiger charge is -2.36. The van der Waals surface area contributed by atoms with E-state index in [9.17, 15) is 9.59 Å². The van der Waals surface area contributed by atoms with Crippen LogP contribution in [-0.2, 0) is 28.1 Å². The number of ether oxygens (including phenoxy) is 2. The van der Waals surface area contributed by atoms with Gasteiger partial charge in [-0.15, -0.1) is 4.80 Å². The Morgan fingerprint density at radius 1 is 0.820 bits per heavy atom. The number of imide groups is 1. The first-order valence-electron chi connectivity index (χ1n) is 17.0. The van der Waals surface area contributed by atoms with Gasteiger partial charge in [-0.2, -0.15) is 10.2 Å². The zero-order chi connectivity index (χ0) is 34.2. The Balaban J connectivity index is 0.812. The van der Waals surface area contributed by atoms with Crippen molar-refractivity contribution in [2.45, 2.75) is 76.2 Å². The highest BCUT2D eigenvalue weighted by Gasteiger charge is 2.35. The summed E-state index contributed by atoms with van der Waals surface area (Å²) < 4.78 is 12.3. The van der Waals surface area contributed by atoms with E-state index in [1.807, 2.05) is 12.1 Å². The molecule has 0 radical (unpaired) electrons. The van der Waals surface area contributed by atoms with Crippen LogP contribution in [0.25, 0.3) is 5.95 Å². The fourth-order valence-electron chi connectivity index (χ4n) is 6.95. The molecule has 1 aliphatic carbocycles. The summed E-state index contributed by atoms with van der Waals surface area (Å²) >= 11 is 0. The van der Waals surface area contributed by atoms with E-state index in [-0.39, 0.29) is 29.4 Å². The normalized spacial score (nSPS) is 20.5. The van der Waals surface area contributed by atoms with Gasteiger partial charge >= 0.3 is 0 Å². The summed E-state index contributed by atoms with van der Waals surface area (Å²) in [5.41, 5.74) is 5.70. The van der Waals surface area contributed by atoms with Gasteiger partial charge in [0, 0.05) is 49.5 Å². The van der Waals surface area contributed by atoms with Gasteiger partial charge < -0.3 is 14.8 Å². The van der Waals surface area contributed by atoms with Crippen molar-refractivity contribution in [1.29, 1.82) is 0 Å². The van der Waals surface area contributed by atoms with E-state index < -0.39 is 0 Å². The summed E-state index contributed by atoms with van der Waals surface area (Å²) in [5, 5.41) is 14.2. The molecule has 254 valence electrons. The van der Waals surface area contributed by atoms with Crippen molar-refractivity contribution < 1.29 is 19.1 Å². The Kier molecular flexibility index (Phi) is 8.23. The number of rotatable bonds is 10. The van der Waals surface area contributed by atoms with Gasteiger partial charge in [0.1, 0.15) is 17.6 Å². The first-order valence-corrected chi connectivity index (χ1v) is 17.0. The second-order valence-corrected chi connectivity index (χ2v) is 13.7. The zero-order valence-corrected chi connectivity index (χ0v) is 28.0. The number of piperidine rings is 1. The van der Waals surface area contributed by atoms with Crippen LogP contribution in [0.3, 0.4) is 0 Å². The molecule has 0 spiro atoms. The number of benzene rings is 3. The molecule has 3 aromatic carbocycles. The number of amides is 2. The second kappa shape index (κ2) is 13.0. The van der Waals surface area contributed by atoms with Crippen molar-refractivity contribution in [1.82, 2.24) is 35.2 Å². The highest BCUT2D eigenvalue weighted by molar-refractivity contribution is 6.00. The number of anilines is 1. The van der Waals surface area contributed by atoms with Gasteiger partial charge in [-0.25, -0.2) is 9.97 Å². The minimum Gasteiger partial charge on any atom is -0.490 e. The summed E-state index contributed by atoms with van der Waals surface area (Å²) in [6, 6.07) is 23.1. The molecule has 2 amide bonds. The molecule has 1 saturated carbocycles. The van der Waals surface area contributed by atoms with Gasteiger partial charge in [0.15, 0.2) is 5.75 Å². The molecule has 3 aliphatic rings. The zero-order valence-electron chi connectivity index (χ0n) is 28.0. The van der Waals surface area contributed by atoms with Crippen molar-refractivity contribution in [3.8, 4) is 23.2 Å². The summed E-state index contributed by atoms with van der Waals surface area (Å²) in [5.74, 6) is 2.12. The topological polar surface area (TPSA) is 136 Å². The molecule has 2 aliphatic heterocycles. The molecule has 2 N–H and O–H groups in total. The Labute approximate surface area is 289 Å². The predicted octanol–water partition coefficient (Wildman–Crippen LogP) is 5.32. The quantitative estimate of drug-likeness (QED) is 0.188. The smallest absolute Gasteiger partial charge is 0.268 e. The average Bonchev–Trinajstić information content (AvgIpc) is 3.79. The first-order chi connectivity index (χ1) is 24.3. The molecule has 4 heterocycles. The molecular weight excluding hydrogens is 632 g/mol. The van der Waals surface area contributed by atoms with E-state index in [0.717, 1.165) is 42.9 Å². The number of nitrogens with one attached hydrogen (secondary N) is 2. The number of hydrogen-bond donors (Lipinski definition) is 2. The molecule has 2 fully saturated rings. The highest BCUT2D eigenvalue weighted by atomic mass is 16.5. The number of carbonyl (C=O) groups excluding carboxylic acids is 2. The van der Waals surface area contributed by atoms with Gasteiger partial charge in [0.05, 0.1) is 30.8 Å². The van der Waals surface area contributed by atoms with Crippen LogP contribution in [0.1, 0.15) is 61.8 Å². The van der Waals surface area contributed by atoms with Crippen molar-refractivity contribution in [2.75, 3.05) is 5.32 Å². The number of carbonyl (C=O) groups is 2. The molecule has 12 nitrogen and oxygen atoms in total. The van der Waals surface area contributed by atoms with Gasteiger partial charge in [0.2, 0.25) is 11.8 Å². The monoisotopic (exact) mass is 670 g/mol. The van der Waals surface area contributed by atoms with Crippen LogP contribution >= 0.6 is 0 Å². The summed E-state index contributed by atoms with van der Waals surface area (Å²) in [6.07, 6.45) is 9.35. The number of aromatic nitrogens is 5. The lowest BCUT2D eigenvalue weighted by atomic mass is 9.78. The molecule has 1 atom stereocenters. The standard InChI is InChI=1S/C38H38N8O4/c1-38(2,27-6-11-31(12-7-27)50-33-20-39-37(40-21-33)46-41-15-16-42-46)26-4-9-30(10-5-26)49-32-18-29(19-32)43-28-8-3-24-22-45(23-25(24)17-28)34-13-14-35(47)44-36(34)48/h3-12,15-17,20-21,29,32,34,43H,13-14,18-19,22-23H2,1-2H3,(H,44,47,48). The van der Waals surface area contributed by atoms with E-state index in [0.29, 0.717) is 36.3 Å². The van der Waals surface area contributed by atoms with Crippen LogP contribution in [0.2, 0.25) is 0 Å². The fourth-order valence-corrected chi connectivity index (χ4v) is 6.95. The average molecular weight is 671 g/mol. The molecule has 2 aromatic heterocycles. The molecule has 12 heteroatoms. The summed E-state index contributed by atoms with van der Waals surface area (Å²) in [7, 11) is 0. The molecule has 5 aromatic rings. The maximum atomic E-state index is 12.4. The Morgan fingerprint density at radius 2 is 1.48 bits per heavy atom. The Hall–Kier alpha value is -5.62. The van der Waals surface area contributed by atoms with E-state index in [1.165, 1.54) is 21.5 Å². The summed E-state index contributed by atoms with van der Waals surface area (Å²) in [4.78, 5) is 36.0.